The van der Waals surface area contributed by atoms with Crippen LogP contribution in [0.15, 0.2) is 42.1 Å². The van der Waals surface area contributed by atoms with E-state index >= 15 is 0 Å². The monoisotopic (exact) mass is 173 g/mol. The van der Waals surface area contributed by atoms with Gasteiger partial charge in [0.1, 0.15) is 0 Å². The summed E-state index contributed by atoms with van der Waals surface area (Å²) in [6.07, 6.45) is 11.4. The predicted octanol–water partition coefficient (Wildman–Crippen LogP) is 3.07. The summed E-state index contributed by atoms with van der Waals surface area (Å²) in [4.78, 5) is 0. The van der Waals surface area contributed by atoms with Crippen LogP contribution in [0.4, 0.5) is 0 Å². The Bertz CT molecular complexity index is 342. The maximum absolute atomic E-state index is 2.33. The van der Waals surface area contributed by atoms with Crippen LogP contribution in [0.2, 0.25) is 0 Å². The highest BCUT2D eigenvalue weighted by Crippen LogP contribution is 2.13. The van der Waals surface area contributed by atoms with Crippen LogP contribution < -0.4 is 0 Å². The summed E-state index contributed by atoms with van der Waals surface area (Å²) in [6, 6.07) is 4.25. The van der Waals surface area contributed by atoms with E-state index in [9.17, 15) is 0 Å². The van der Waals surface area contributed by atoms with Crippen molar-refractivity contribution in [3.05, 3.63) is 47.8 Å². The highest BCUT2D eigenvalue weighted by Gasteiger charge is 1.99. The topological polar surface area (TPSA) is 4.93 Å². The van der Waals surface area contributed by atoms with Crippen LogP contribution >= 0.6 is 0 Å². The molecule has 13 heavy (non-hydrogen) atoms. The van der Waals surface area contributed by atoms with E-state index in [4.69, 9.17) is 0 Å². The molecule has 0 saturated carbocycles. The third kappa shape index (κ3) is 1.92. The lowest BCUT2D eigenvalue weighted by molar-refractivity contribution is 0.765. The highest BCUT2D eigenvalue weighted by molar-refractivity contribution is 5.23. The number of rotatable bonds is 2. The smallest absolute Gasteiger partial charge is 0.0469 e. The van der Waals surface area contributed by atoms with Gasteiger partial charge in [0.2, 0.25) is 0 Å². The van der Waals surface area contributed by atoms with Gasteiger partial charge in [0.05, 0.1) is 0 Å². The van der Waals surface area contributed by atoms with E-state index in [1.54, 1.807) is 0 Å². The summed E-state index contributed by atoms with van der Waals surface area (Å²) in [7, 11) is 0. The molecule has 1 aromatic heterocycles. The Morgan fingerprint density at radius 2 is 2.31 bits per heavy atom. The number of hydrogen-bond acceptors (Lipinski definition) is 0. The van der Waals surface area contributed by atoms with E-state index in [0.717, 1.165) is 6.54 Å². The predicted molar refractivity (Wildman–Crippen MR) is 55.6 cm³/mol. The van der Waals surface area contributed by atoms with Gasteiger partial charge in [-0.1, -0.05) is 18.2 Å². The van der Waals surface area contributed by atoms with Crippen molar-refractivity contribution >= 4 is 0 Å². The van der Waals surface area contributed by atoms with Crippen LogP contribution in [-0.4, -0.2) is 4.57 Å². The molecule has 0 aliphatic heterocycles. The van der Waals surface area contributed by atoms with Gasteiger partial charge < -0.3 is 4.57 Å². The largest absolute Gasteiger partial charge is 0.347 e. The number of hydrogen-bond donors (Lipinski definition) is 0. The lowest BCUT2D eigenvalue weighted by Gasteiger charge is -2.09. The first-order chi connectivity index (χ1) is 6.36. The van der Waals surface area contributed by atoms with E-state index in [1.807, 2.05) is 0 Å². The average molecular weight is 173 g/mol. The molecule has 0 amide bonds. The zero-order valence-electron chi connectivity index (χ0n) is 8.03. The molecular weight excluding hydrogens is 158 g/mol. The SMILES string of the molecule is Cc1cccn1CC1=CCCC=C1. The second-order valence-electron chi connectivity index (χ2n) is 3.54. The maximum Gasteiger partial charge on any atom is 0.0469 e. The molecule has 0 fully saturated rings. The Morgan fingerprint density at radius 3 is 2.92 bits per heavy atom. The van der Waals surface area contributed by atoms with Crippen LogP contribution in [-0.2, 0) is 6.54 Å². The summed E-state index contributed by atoms with van der Waals surface area (Å²) < 4.78 is 2.28. The van der Waals surface area contributed by atoms with Crippen LogP contribution in [0.5, 0.6) is 0 Å². The minimum Gasteiger partial charge on any atom is -0.347 e. The van der Waals surface area contributed by atoms with E-state index < -0.39 is 0 Å². The first kappa shape index (κ1) is 8.36. The van der Waals surface area contributed by atoms with Crippen molar-refractivity contribution in [1.82, 2.24) is 4.57 Å². The molecule has 0 bridgehead atoms. The summed E-state index contributed by atoms with van der Waals surface area (Å²) in [5.74, 6) is 0. The van der Waals surface area contributed by atoms with Crippen LogP contribution in [0, 0.1) is 6.92 Å². The van der Waals surface area contributed by atoms with Gasteiger partial charge in [-0.15, -0.1) is 0 Å². The molecule has 0 spiro atoms. The number of nitrogens with zero attached hydrogens (tertiary/aromatic N) is 1. The van der Waals surface area contributed by atoms with E-state index in [1.165, 1.54) is 24.1 Å². The molecular formula is C12H15N. The summed E-state index contributed by atoms with van der Waals surface area (Å²) in [6.45, 7) is 3.17. The third-order valence-electron chi connectivity index (χ3n) is 2.48. The molecule has 0 radical (unpaired) electrons. The van der Waals surface area contributed by atoms with Crippen LogP contribution in [0.3, 0.4) is 0 Å². The van der Waals surface area contributed by atoms with Crippen molar-refractivity contribution in [2.75, 3.05) is 0 Å². The standard InChI is InChI=1S/C12H15N/c1-11-6-5-9-13(11)10-12-7-3-2-4-8-12/h3,5-9H,2,4,10H2,1H3. The summed E-state index contributed by atoms with van der Waals surface area (Å²) >= 11 is 0. The Kier molecular flexibility index (Phi) is 2.35. The van der Waals surface area contributed by atoms with Gasteiger partial charge in [-0.2, -0.15) is 0 Å². The molecule has 1 aromatic rings. The lowest BCUT2D eigenvalue weighted by Crippen LogP contribution is -2.01. The van der Waals surface area contributed by atoms with Crippen LogP contribution in [0.25, 0.3) is 0 Å². The molecule has 0 unspecified atom stereocenters. The highest BCUT2D eigenvalue weighted by atomic mass is 15.0. The zero-order valence-corrected chi connectivity index (χ0v) is 8.03. The number of allylic oxidation sites excluding steroid dienone is 4. The molecule has 1 aliphatic carbocycles. The molecule has 0 saturated heterocycles. The molecule has 1 aliphatic rings. The van der Waals surface area contributed by atoms with Gasteiger partial charge in [0, 0.05) is 18.4 Å². The fourth-order valence-corrected chi connectivity index (χ4v) is 1.66. The van der Waals surface area contributed by atoms with Gasteiger partial charge in [-0.05, 0) is 37.5 Å². The van der Waals surface area contributed by atoms with Crippen molar-refractivity contribution in [1.29, 1.82) is 0 Å². The van der Waals surface area contributed by atoms with E-state index in [-0.39, 0.29) is 0 Å². The summed E-state index contributed by atoms with van der Waals surface area (Å²) in [5, 5.41) is 0. The molecule has 1 heterocycles. The Balaban J connectivity index is 2.10. The zero-order chi connectivity index (χ0) is 9.10. The normalized spacial score (nSPS) is 15.9. The minimum absolute atomic E-state index is 1.02. The van der Waals surface area contributed by atoms with E-state index in [0.29, 0.717) is 0 Å². The van der Waals surface area contributed by atoms with Crippen molar-refractivity contribution in [3.63, 3.8) is 0 Å². The molecule has 2 rings (SSSR count). The second-order valence-corrected chi connectivity index (χ2v) is 3.54. The maximum atomic E-state index is 2.33. The fraction of sp³-hybridized carbons (Fsp3) is 0.333. The second kappa shape index (κ2) is 3.65. The van der Waals surface area contributed by atoms with Crippen molar-refractivity contribution in [2.45, 2.75) is 26.3 Å². The van der Waals surface area contributed by atoms with Gasteiger partial charge in [-0.3, -0.25) is 0 Å². The van der Waals surface area contributed by atoms with Crippen molar-refractivity contribution < 1.29 is 0 Å². The fourth-order valence-electron chi connectivity index (χ4n) is 1.66. The van der Waals surface area contributed by atoms with Crippen LogP contribution in [0.1, 0.15) is 18.5 Å². The van der Waals surface area contributed by atoms with Gasteiger partial charge in [-0.25, -0.2) is 0 Å². The minimum atomic E-state index is 1.02. The Labute approximate surface area is 79.4 Å². The summed E-state index contributed by atoms with van der Waals surface area (Å²) in [5.41, 5.74) is 2.77. The van der Waals surface area contributed by atoms with Gasteiger partial charge in [0.25, 0.3) is 0 Å². The molecule has 1 heteroatoms. The molecule has 0 atom stereocenters. The Hall–Kier alpha value is -1.24. The average Bonchev–Trinajstić information content (AvgIpc) is 2.54. The van der Waals surface area contributed by atoms with Crippen molar-refractivity contribution in [2.24, 2.45) is 0 Å². The molecule has 1 nitrogen and oxygen atoms in total. The molecule has 68 valence electrons. The van der Waals surface area contributed by atoms with Gasteiger partial charge >= 0.3 is 0 Å². The Morgan fingerprint density at radius 1 is 1.38 bits per heavy atom. The first-order valence-electron chi connectivity index (χ1n) is 4.83. The quantitative estimate of drug-likeness (QED) is 0.647. The number of aryl methyl sites for hydroxylation is 1. The molecule has 0 aromatic carbocycles. The number of aromatic nitrogens is 1. The van der Waals surface area contributed by atoms with Crippen molar-refractivity contribution in [3.8, 4) is 0 Å². The first-order valence-corrected chi connectivity index (χ1v) is 4.83. The molecule has 0 N–H and O–H groups in total. The van der Waals surface area contributed by atoms with E-state index in [2.05, 4.69) is 48.0 Å². The third-order valence-corrected chi connectivity index (χ3v) is 2.48. The lowest BCUT2D eigenvalue weighted by atomic mass is 10.1. The van der Waals surface area contributed by atoms with Gasteiger partial charge in [0.15, 0.2) is 0 Å².